The molecule has 3 rings (SSSR count). The van der Waals surface area contributed by atoms with Crippen molar-refractivity contribution < 1.29 is 14.3 Å². The monoisotopic (exact) mass is 342 g/mol. The third kappa shape index (κ3) is 4.24. The Balaban J connectivity index is 1.86. The molecule has 0 spiro atoms. The van der Waals surface area contributed by atoms with E-state index in [9.17, 15) is 9.18 Å². The van der Waals surface area contributed by atoms with Gasteiger partial charge in [-0.1, -0.05) is 42.5 Å². The fraction of sp³-hybridized carbons (Fsp3) is 0.350. The first kappa shape index (κ1) is 17.6. The predicted octanol–water partition coefficient (Wildman–Crippen LogP) is 3.01. The van der Waals surface area contributed by atoms with Crippen molar-refractivity contribution in [3.63, 3.8) is 0 Å². The molecule has 0 bridgehead atoms. The summed E-state index contributed by atoms with van der Waals surface area (Å²) in [6.07, 6.45) is 0. The topological polar surface area (TPSA) is 43.8 Å². The quantitative estimate of drug-likeness (QED) is 0.907. The minimum absolute atomic E-state index is 0.0382. The van der Waals surface area contributed by atoms with Gasteiger partial charge in [-0.25, -0.2) is 4.39 Å². The first-order chi connectivity index (χ1) is 12.0. The minimum atomic E-state index is -0.793. The minimum Gasteiger partial charge on any atom is -0.480 e. The maximum absolute atomic E-state index is 13.4. The summed E-state index contributed by atoms with van der Waals surface area (Å²) in [5.74, 6) is -1.03. The summed E-state index contributed by atoms with van der Waals surface area (Å²) < 4.78 is 13.4. The molecule has 0 aromatic heterocycles. The Bertz CT molecular complexity index is 705. The molecule has 1 unspecified atom stereocenters. The smallest absolute Gasteiger partial charge is 0.317 e. The Morgan fingerprint density at radius 2 is 1.76 bits per heavy atom. The molecule has 2 aromatic rings. The fourth-order valence-corrected chi connectivity index (χ4v) is 3.56. The lowest BCUT2D eigenvalue weighted by Crippen LogP contribution is -2.54. The van der Waals surface area contributed by atoms with Crippen molar-refractivity contribution in [1.29, 1.82) is 0 Å². The van der Waals surface area contributed by atoms with E-state index in [0.717, 1.165) is 24.2 Å². The highest BCUT2D eigenvalue weighted by molar-refractivity contribution is 5.69. The van der Waals surface area contributed by atoms with Gasteiger partial charge in [0.05, 0.1) is 12.6 Å². The first-order valence-corrected chi connectivity index (χ1v) is 8.55. The molecule has 1 saturated heterocycles. The Hall–Kier alpha value is -2.24. The molecule has 1 heterocycles. The predicted molar refractivity (Wildman–Crippen MR) is 94.9 cm³/mol. The van der Waals surface area contributed by atoms with Crippen LogP contribution < -0.4 is 0 Å². The lowest BCUT2D eigenvalue weighted by Gasteiger charge is -2.43. The van der Waals surface area contributed by atoms with E-state index in [-0.39, 0.29) is 24.4 Å². The molecule has 2 atom stereocenters. The summed E-state index contributed by atoms with van der Waals surface area (Å²) >= 11 is 0. The number of hydrogen-bond acceptors (Lipinski definition) is 3. The lowest BCUT2D eigenvalue weighted by atomic mass is 9.95. The second-order valence-corrected chi connectivity index (χ2v) is 6.57. The third-order valence-electron chi connectivity index (χ3n) is 4.80. The molecule has 1 N–H and O–H groups in total. The maximum atomic E-state index is 13.4. The normalized spacial score (nSPS) is 20.3. The van der Waals surface area contributed by atoms with Gasteiger partial charge in [-0.05, 0) is 30.2 Å². The number of carboxylic acids is 1. The van der Waals surface area contributed by atoms with Gasteiger partial charge in [-0.15, -0.1) is 0 Å². The maximum Gasteiger partial charge on any atom is 0.317 e. The number of halogens is 1. The number of benzene rings is 2. The molecule has 25 heavy (non-hydrogen) atoms. The van der Waals surface area contributed by atoms with Crippen molar-refractivity contribution in [1.82, 2.24) is 9.80 Å². The zero-order chi connectivity index (χ0) is 17.8. The molecule has 5 heteroatoms. The molecule has 0 amide bonds. The van der Waals surface area contributed by atoms with Gasteiger partial charge >= 0.3 is 5.97 Å². The van der Waals surface area contributed by atoms with Gasteiger partial charge in [0.2, 0.25) is 0 Å². The van der Waals surface area contributed by atoms with Crippen LogP contribution >= 0.6 is 0 Å². The molecule has 0 radical (unpaired) electrons. The van der Waals surface area contributed by atoms with Crippen molar-refractivity contribution in [2.75, 3.05) is 26.2 Å². The largest absolute Gasteiger partial charge is 0.480 e. The summed E-state index contributed by atoms with van der Waals surface area (Å²) in [5, 5.41) is 9.05. The Labute approximate surface area is 147 Å². The van der Waals surface area contributed by atoms with Gasteiger partial charge in [0.15, 0.2) is 0 Å². The molecule has 132 valence electrons. The SMILES string of the molecule is CC1CN([C@H](c2ccccc2)c2ccc(F)cc2)CCN1CC(=O)O. The van der Waals surface area contributed by atoms with Crippen LogP contribution in [0.3, 0.4) is 0 Å². The highest BCUT2D eigenvalue weighted by Crippen LogP contribution is 2.30. The summed E-state index contributed by atoms with van der Waals surface area (Å²) in [4.78, 5) is 15.4. The van der Waals surface area contributed by atoms with Crippen molar-refractivity contribution in [2.45, 2.75) is 19.0 Å². The van der Waals surface area contributed by atoms with Crippen LogP contribution in [0.4, 0.5) is 4.39 Å². The third-order valence-corrected chi connectivity index (χ3v) is 4.80. The van der Waals surface area contributed by atoms with Crippen molar-refractivity contribution in [3.8, 4) is 0 Å². The van der Waals surface area contributed by atoms with E-state index in [1.165, 1.54) is 12.1 Å². The second-order valence-electron chi connectivity index (χ2n) is 6.57. The first-order valence-electron chi connectivity index (χ1n) is 8.55. The number of hydrogen-bond donors (Lipinski definition) is 1. The Kier molecular flexibility index (Phi) is 5.46. The lowest BCUT2D eigenvalue weighted by molar-refractivity contribution is -0.139. The van der Waals surface area contributed by atoms with Gasteiger partial charge in [-0.2, -0.15) is 0 Å². The van der Waals surface area contributed by atoms with Gasteiger partial charge in [0.25, 0.3) is 0 Å². The van der Waals surface area contributed by atoms with Gasteiger partial charge in [-0.3, -0.25) is 14.6 Å². The molecule has 0 saturated carbocycles. The number of carboxylic acid groups (broad SMARTS) is 1. The van der Waals surface area contributed by atoms with Crippen LogP contribution in [0.5, 0.6) is 0 Å². The highest BCUT2D eigenvalue weighted by Gasteiger charge is 2.30. The van der Waals surface area contributed by atoms with E-state index < -0.39 is 5.97 Å². The Morgan fingerprint density at radius 3 is 2.36 bits per heavy atom. The van der Waals surface area contributed by atoms with E-state index in [2.05, 4.69) is 24.0 Å². The molecular formula is C20H23FN2O2. The molecular weight excluding hydrogens is 319 g/mol. The summed E-state index contributed by atoms with van der Waals surface area (Å²) in [5.41, 5.74) is 2.21. The van der Waals surface area contributed by atoms with E-state index >= 15 is 0 Å². The highest BCUT2D eigenvalue weighted by atomic mass is 19.1. The number of rotatable bonds is 5. The number of nitrogens with zero attached hydrogens (tertiary/aromatic N) is 2. The van der Waals surface area contributed by atoms with Crippen LogP contribution in [0.25, 0.3) is 0 Å². The van der Waals surface area contributed by atoms with E-state index in [1.807, 2.05) is 35.2 Å². The number of piperazine rings is 1. The van der Waals surface area contributed by atoms with Crippen molar-refractivity contribution in [3.05, 3.63) is 71.5 Å². The van der Waals surface area contributed by atoms with Crippen LogP contribution in [-0.4, -0.2) is 53.1 Å². The fourth-order valence-electron chi connectivity index (χ4n) is 3.56. The zero-order valence-corrected chi connectivity index (χ0v) is 14.3. The van der Waals surface area contributed by atoms with E-state index in [4.69, 9.17) is 5.11 Å². The zero-order valence-electron chi connectivity index (χ0n) is 14.3. The van der Waals surface area contributed by atoms with Crippen molar-refractivity contribution >= 4 is 5.97 Å². The van der Waals surface area contributed by atoms with E-state index in [0.29, 0.717) is 6.54 Å². The standard InChI is InChI=1S/C20H23FN2O2/c1-15-13-23(12-11-22(15)14-19(24)25)20(16-5-3-2-4-6-16)17-7-9-18(21)10-8-17/h2-10,15,20H,11-14H2,1H3,(H,24,25)/t15?,20-/m1/s1. The van der Waals surface area contributed by atoms with Crippen LogP contribution in [0.15, 0.2) is 54.6 Å². The van der Waals surface area contributed by atoms with Crippen LogP contribution in [0.1, 0.15) is 24.1 Å². The average Bonchev–Trinajstić information content (AvgIpc) is 2.60. The van der Waals surface area contributed by atoms with Crippen LogP contribution in [0, 0.1) is 5.82 Å². The van der Waals surface area contributed by atoms with Crippen LogP contribution in [-0.2, 0) is 4.79 Å². The average molecular weight is 342 g/mol. The van der Waals surface area contributed by atoms with Gasteiger partial charge < -0.3 is 5.11 Å². The summed E-state index contributed by atoms with van der Waals surface area (Å²) in [7, 11) is 0. The van der Waals surface area contributed by atoms with Crippen LogP contribution in [0.2, 0.25) is 0 Å². The second kappa shape index (κ2) is 7.76. The molecule has 2 aromatic carbocycles. The molecule has 0 aliphatic carbocycles. The summed E-state index contributed by atoms with van der Waals surface area (Å²) in [6.45, 7) is 4.38. The van der Waals surface area contributed by atoms with Crippen molar-refractivity contribution in [2.24, 2.45) is 0 Å². The summed E-state index contributed by atoms with van der Waals surface area (Å²) in [6, 6.07) is 17.0. The van der Waals surface area contributed by atoms with Gasteiger partial charge in [0.1, 0.15) is 5.82 Å². The molecule has 1 aliphatic heterocycles. The molecule has 4 nitrogen and oxygen atoms in total. The number of carbonyl (C=O) groups is 1. The number of aliphatic carboxylic acids is 1. The molecule has 1 fully saturated rings. The van der Waals surface area contributed by atoms with E-state index in [1.54, 1.807) is 0 Å². The van der Waals surface area contributed by atoms with Gasteiger partial charge in [0, 0.05) is 25.7 Å². The molecule has 1 aliphatic rings. The Morgan fingerprint density at radius 1 is 1.12 bits per heavy atom.